The van der Waals surface area contributed by atoms with E-state index in [4.69, 9.17) is 28.8 Å². The molecule has 0 aliphatic carbocycles. The number of aliphatic hydroxyl groups excluding tert-OH is 1. The molecular weight excluding hydrogens is 660 g/mol. The smallest absolute Gasteiger partial charge is 0.259 e. The number of aliphatic imine (C=N–C) groups is 1. The number of benzene rings is 4. The first-order valence-electron chi connectivity index (χ1n) is 16.1. The molecule has 0 radical (unpaired) electrons. The molecule has 1 aromatic heterocycles. The summed E-state index contributed by atoms with van der Waals surface area (Å²) >= 11 is 0. The van der Waals surface area contributed by atoms with Gasteiger partial charge in [0, 0.05) is 36.1 Å². The zero-order chi connectivity index (χ0) is 34.7. The van der Waals surface area contributed by atoms with Crippen LogP contribution in [0.2, 0.25) is 0 Å². The maximum absolute atomic E-state index is 14.9. The van der Waals surface area contributed by atoms with Crippen molar-refractivity contribution in [1.29, 1.82) is 0 Å². The van der Waals surface area contributed by atoms with Crippen LogP contribution in [0.4, 0.5) is 5.69 Å². The van der Waals surface area contributed by atoms with Crippen LogP contribution in [0.15, 0.2) is 118 Å². The first kappa shape index (κ1) is 33.0. The van der Waals surface area contributed by atoms with Crippen molar-refractivity contribution >= 4 is 27.3 Å². The van der Waals surface area contributed by atoms with Crippen LogP contribution in [0.5, 0.6) is 11.5 Å². The number of nitrogens with zero attached hydrogens (tertiary/aromatic N) is 4. The van der Waals surface area contributed by atoms with Gasteiger partial charge in [0.2, 0.25) is 5.90 Å². The highest BCUT2D eigenvalue weighted by Gasteiger charge is 2.59. The molecule has 0 unspecified atom stereocenters. The van der Waals surface area contributed by atoms with Gasteiger partial charge in [-0.2, -0.15) is 4.98 Å². The van der Waals surface area contributed by atoms with Gasteiger partial charge in [-0.3, -0.25) is 4.79 Å². The van der Waals surface area contributed by atoms with E-state index in [9.17, 15) is 13.2 Å². The molecule has 12 nitrogen and oxygen atoms in total. The van der Waals surface area contributed by atoms with E-state index >= 15 is 0 Å². The summed E-state index contributed by atoms with van der Waals surface area (Å²) in [5.41, 5.74) is 0.901. The number of carbonyl (C=O) groups excluding carboxylic acids is 1. The number of aliphatic hydroxyl groups is 1. The monoisotopic (exact) mass is 694 g/mol. The second kappa shape index (κ2) is 13.8. The summed E-state index contributed by atoms with van der Waals surface area (Å²) in [6.45, 7) is 0.326. The van der Waals surface area contributed by atoms with E-state index in [0.717, 1.165) is 0 Å². The maximum Gasteiger partial charge on any atom is 0.259 e. The van der Waals surface area contributed by atoms with E-state index in [1.165, 1.54) is 17.0 Å². The SMILES string of the molecule is COc1ccc(-c2nc(CN3C(=O)[C@@]4(CCS(=O)(=O)c5ccccc5)N=C(c5ccc(OCCCO)cc5)O[C@H]4c4ccccc43)no2)cc1. The number of amides is 1. The van der Waals surface area contributed by atoms with Crippen molar-refractivity contribution in [2.45, 2.75) is 35.9 Å². The molecule has 0 bridgehead atoms. The first-order chi connectivity index (χ1) is 24.3. The van der Waals surface area contributed by atoms with Crippen LogP contribution in [-0.4, -0.2) is 67.1 Å². The highest BCUT2D eigenvalue weighted by Crippen LogP contribution is 2.50. The number of anilines is 1. The fraction of sp³-hybridized carbons (Fsp3) is 0.243. The predicted octanol–water partition coefficient (Wildman–Crippen LogP) is 5.17. The van der Waals surface area contributed by atoms with Crippen LogP contribution in [0.1, 0.15) is 35.9 Å². The Morgan fingerprint density at radius 2 is 1.60 bits per heavy atom. The summed E-state index contributed by atoms with van der Waals surface area (Å²) in [6, 6.07) is 29.7. The van der Waals surface area contributed by atoms with Crippen LogP contribution < -0.4 is 14.4 Å². The zero-order valence-corrected chi connectivity index (χ0v) is 28.0. The minimum Gasteiger partial charge on any atom is -0.497 e. The molecule has 4 aromatic carbocycles. The van der Waals surface area contributed by atoms with Gasteiger partial charge < -0.3 is 28.7 Å². The van der Waals surface area contributed by atoms with Crippen molar-refractivity contribution in [3.63, 3.8) is 0 Å². The normalized spacial score (nSPS) is 18.2. The third-order valence-corrected chi connectivity index (χ3v) is 10.5. The Balaban J connectivity index is 1.26. The molecule has 0 saturated heterocycles. The van der Waals surface area contributed by atoms with E-state index in [-0.39, 0.29) is 47.8 Å². The largest absolute Gasteiger partial charge is 0.497 e. The third kappa shape index (κ3) is 6.32. The number of sulfone groups is 1. The van der Waals surface area contributed by atoms with Gasteiger partial charge in [-0.15, -0.1) is 0 Å². The molecule has 2 aliphatic rings. The molecule has 2 atom stereocenters. The average molecular weight is 695 g/mol. The van der Waals surface area contributed by atoms with E-state index in [2.05, 4.69) is 10.1 Å². The van der Waals surface area contributed by atoms with Crippen molar-refractivity contribution in [2.24, 2.45) is 4.99 Å². The molecule has 5 aromatic rings. The van der Waals surface area contributed by atoms with Crippen LogP contribution in [0, 0.1) is 0 Å². The van der Waals surface area contributed by atoms with Gasteiger partial charge in [0.1, 0.15) is 11.5 Å². The van der Waals surface area contributed by atoms with Crippen LogP contribution in [0.3, 0.4) is 0 Å². The molecule has 0 fully saturated rings. The highest BCUT2D eigenvalue weighted by atomic mass is 32.2. The van der Waals surface area contributed by atoms with Crippen molar-refractivity contribution < 1.29 is 37.1 Å². The number of aromatic nitrogens is 2. The van der Waals surface area contributed by atoms with Gasteiger partial charge in [-0.05, 0) is 66.7 Å². The Morgan fingerprint density at radius 1 is 0.900 bits per heavy atom. The quantitative estimate of drug-likeness (QED) is 0.163. The van der Waals surface area contributed by atoms with Gasteiger partial charge in [-0.1, -0.05) is 41.6 Å². The fourth-order valence-corrected chi connectivity index (χ4v) is 7.52. The average Bonchev–Trinajstić information content (AvgIpc) is 3.80. The van der Waals surface area contributed by atoms with Gasteiger partial charge in [0.05, 0.1) is 36.6 Å². The molecule has 7 rings (SSSR count). The lowest BCUT2D eigenvalue weighted by atomic mass is 9.80. The number of hydrogen-bond acceptors (Lipinski definition) is 11. The minimum atomic E-state index is -3.79. The molecule has 13 heteroatoms. The lowest BCUT2D eigenvalue weighted by molar-refractivity contribution is -0.127. The number of rotatable bonds is 13. The van der Waals surface area contributed by atoms with Gasteiger partial charge in [0.25, 0.3) is 11.8 Å². The topological polar surface area (TPSA) is 154 Å². The Bertz CT molecular complexity index is 2120. The Morgan fingerprint density at radius 3 is 2.34 bits per heavy atom. The molecule has 1 N–H and O–H groups in total. The molecule has 256 valence electrons. The van der Waals surface area contributed by atoms with Gasteiger partial charge in [-0.25, -0.2) is 13.4 Å². The summed E-state index contributed by atoms with van der Waals surface area (Å²) in [4.78, 5) is 26.1. The minimum absolute atomic E-state index is 0.0231. The third-order valence-electron chi connectivity index (χ3n) is 8.72. The summed E-state index contributed by atoms with van der Waals surface area (Å²) in [5, 5.41) is 13.2. The molecule has 0 saturated carbocycles. The lowest BCUT2D eigenvalue weighted by Crippen LogP contribution is -2.54. The van der Waals surface area contributed by atoms with Crippen molar-refractivity contribution in [3.05, 3.63) is 120 Å². The standard InChI is InChI=1S/C37H34N4O8S/c1-46-27-16-12-25(13-17-27)34-38-32(40-49-34)24-41-31-11-6-5-10-30(31)33-37(36(41)43,20-23-50(44,45)29-8-3-2-4-9-29)39-35(48-33)26-14-18-28(19-15-26)47-22-7-21-42/h2-6,8-19,33,42H,7,20-24H2,1H3/t33-,37-/m0/s1. The number of ether oxygens (including phenoxy) is 3. The second-order valence-corrected chi connectivity index (χ2v) is 14.0. The Hall–Kier alpha value is -5.53. The summed E-state index contributed by atoms with van der Waals surface area (Å²) in [7, 11) is -2.21. The number of para-hydroxylation sites is 1. The van der Waals surface area contributed by atoms with E-state index in [1.54, 1.807) is 73.8 Å². The number of methoxy groups -OCH3 is 1. The Kier molecular flexibility index (Phi) is 9.08. The maximum atomic E-state index is 14.9. The number of fused-ring (bicyclic) bond motifs is 3. The number of hydrogen-bond donors (Lipinski definition) is 1. The molecule has 50 heavy (non-hydrogen) atoms. The van der Waals surface area contributed by atoms with Crippen molar-refractivity contribution in [3.8, 4) is 23.0 Å². The second-order valence-electron chi connectivity index (χ2n) is 11.9. The molecule has 1 amide bonds. The van der Waals surface area contributed by atoms with Gasteiger partial charge in [0.15, 0.2) is 27.3 Å². The zero-order valence-electron chi connectivity index (χ0n) is 27.1. The molecule has 0 spiro atoms. The van der Waals surface area contributed by atoms with Crippen LogP contribution >= 0.6 is 0 Å². The fourth-order valence-electron chi connectivity index (χ4n) is 6.13. The molecular formula is C37H34N4O8S. The predicted molar refractivity (Wildman–Crippen MR) is 184 cm³/mol. The molecule has 3 heterocycles. The van der Waals surface area contributed by atoms with Crippen LogP contribution in [0.25, 0.3) is 11.5 Å². The summed E-state index contributed by atoms with van der Waals surface area (Å²) in [5.74, 6) is 1.22. The van der Waals surface area contributed by atoms with E-state index in [0.29, 0.717) is 46.9 Å². The summed E-state index contributed by atoms with van der Waals surface area (Å²) < 4.78 is 50.1. The molecule has 2 aliphatic heterocycles. The highest BCUT2D eigenvalue weighted by molar-refractivity contribution is 7.91. The van der Waals surface area contributed by atoms with E-state index < -0.39 is 27.4 Å². The van der Waals surface area contributed by atoms with Crippen LogP contribution in [-0.2, 0) is 25.9 Å². The van der Waals surface area contributed by atoms with E-state index in [1.807, 2.05) is 24.3 Å². The van der Waals surface area contributed by atoms with Gasteiger partial charge >= 0.3 is 0 Å². The lowest BCUT2D eigenvalue weighted by Gasteiger charge is -2.41. The van der Waals surface area contributed by atoms with Crippen molar-refractivity contribution in [2.75, 3.05) is 31.0 Å². The Labute approximate surface area is 288 Å². The van der Waals surface area contributed by atoms with Crippen molar-refractivity contribution in [1.82, 2.24) is 10.1 Å². The number of carbonyl (C=O) groups is 1. The first-order valence-corrected chi connectivity index (χ1v) is 17.7. The summed E-state index contributed by atoms with van der Waals surface area (Å²) in [6.07, 6.45) is -0.546.